The molecule has 0 heterocycles. The minimum Gasteiger partial charge on any atom is -0.324 e. The fourth-order valence-corrected chi connectivity index (χ4v) is 1.73. The zero-order chi connectivity index (χ0) is 10.4. The van der Waals surface area contributed by atoms with Crippen molar-refractivity contribution in [1.82, 2.24) is 0 Å². The number of hydrogen-bond acceptors (Lipinski definition) is 2. The van der Waals surface area contributed by atoms with Crippen molar-refractivity contribution in [2.24, 2.45) is 5.73 Å². The summed E-state index contributed by atoms with van der Waals surface area (Å²) in [5, 5.41) is 0. The van der Waals surface area contributed by atoms with Gasteiger partial charge >= 0.3 is 0 Å². The van der Waals surface area contributed by atoms with E-state index in [2.05, 4.69) is 28.1 Å². The third-order valence-corrected chi connectivity index (χ3v) is 2.53. The number of hydrogen-bond donors (Lipinski definition) is 1. The maximum Gasteiger partial charge on any atom is 0.146 e. The molecule has 0 aromatic heterocycles. The first-order valence-corrected chi connectivity index (χ1v) is 5.48. The van der Waals surface area contributed by atoms with E-state index in [0.717, 1.165) is 17.3 Å². The van der Waals surface area contributed by atoms with E-state index in [4.69, 9.17) is 5.73 Å². The molecule has 0 radical (unpaired) electrons. The molecule has 2 nitrogen and oxygen atoms in total. The second-order valence-corrected chi connectivity index (χ2v) is 4.14. The zero-order valence-corrected chi connectivity index (χ0v) is 9.59. The fourth-order valence-electron chi connectivity index (χ4n) is 1.28. The molecule has 0 fully saturated rings. The number of benzene rings is 1. The van der Waals surface area contributed by atoms with E-state index in [0.29, 0.717) is 6.42 Å². The molecular formula is C11H14BrNO. The van der Waals surface area contributed by atoms with Gasteiger partial charge in [-0.3, -0.25) is 4.79 Å². The number of aryl methyl sites for hydroxylation is 1. The standard InChI is InChI=1S/C11H14BrNO/c12-10-5-1-3-9(7-10)4-2-6-11(14)8-13/h1,3,5,7H,2,4,6,8,13H2. The Morgan fingerprint density at radius 1 is 1.43 bits per heavy atom. The summed E-state index contributed by atoms with van der Waals surface area (Å²) in [5.74, 6) is 0.139. The second kappa shape index (κ2) is 5.94. The van der Waals surface area contributed by atoms with Gasteiger partial charge in [0, 0.05) is 10.9 Å². The van der Waals surface area contributed by atoms with Gasteiger partial charge in [-0.15, -0.1) is 0 Å². The Hall–Kier alpha value is -0.670. The van der Waals surface area contributed by atoms with Crippen LogP contribution in [0.1, 0.15) is 18.4 Å². The fraction of sp³-hybridized carbons (Fsp3) is 0.364. The van der Waals surface area contributed by atoms with Crippen LogP contribution in [0.2, 0.25) is 0 Å². The van der Waals surface area contributed by atoms with Gasteiger partial charge in [0.25, 0.3) is 0 Å². The lowest BCUT2D eigenvalue weighted by molar-refractivity contribution is -0.117. The lowest BCUT2D eigenvalue weighted by Crippen LogP contribution is -2.12. The highest BCUT2D eigenvalue weighted by molar-refractivity contribution is 9.10. The summed E-state index contributed by atoms with van der Waals surface area (Å²) in [4.78, 5) is 10.9. The van der Waals surface area contributed by atoms with Crippen molar-refractivity contribution in [1.29, 1.82) is 0 Å². The molecule has 2 N–H and O–H groups in total. The Balaban J connectivity index is 2.35. The Kier molecular flexibility index (Phi) is 4.84. The molecule has 1 aromatic rings. The molecule has 0 saturated carbocycles. The quantitative estimate of drug-likeness (QED) is 0.878. The summed E-state index contributed by atoms with van der Waals surface area (Å²) in [6.45, 7) is 0.165. The number of rotatable bonds is 5. The first-order chi connectivity index (χ1) is 6.72. The largest absolute Gasteiger partial charge is 0.324 e. The maximum absolute atomic E-state index is 10.9. The van der Waals surface area contributed by atoms with Crippen molar-refractivity contribution < 1.29 is 4.79 Å². The zero-order valence-electron chi connectivity index (χ0n) is 8.00. The number of halogens is 1. The van der Waals surface area contributed by atoms with E-state index in [9.17, 15) is 4.79 Å². The molecule has 0 saturated heterocycles. The summed E-state index contributed by atoms with van der Waals surface area (Å²) in [5.41, 5.74) is 6.47. The van der Waals surface area contributed by atoms with Crippen molar-refractivity contribution in [2.45, 2.75) is 19.3 Å². The molecule has 0 aliphatic heterocycles. The van der Waals surface area contributed by atoms with Crippen LogP contribution in [0.15, 0.2) is 28.7 Å². The molecule has 0 aliphatic rings. The summed E-state index contributed by atoms with van der Waals surface area (Å²) in [7, 11) is 0. The molecule has 3 heteroatoms. The Bertz CT molecular complexity index is 312. The van der Waals surface area contributed by atoms with Gasteiger partial charge in [-0.05, 0) is 30.5 Å². The third kappa shape index (κ3) is 4.03. The number of carbonyl (C=O) groups is 1. The average molecular weight is 256 g/mol. The van der Waals surface area contributed by atoms with Crippen molar-refractivity contribution in [3.8, 4) is 0 Å². The van der Waals surface area contributed by atoms with E-state index < -0.39 is 0 Å². The molecule has 0 spiro atoms. The number of carbonyl (C=O) groups excluding carboxylic acids is 1. The minimum atomic E-state index is 0.139. The van der Waals surface area contributed by atoms with Crippen LogP contribution in [0, 0.1) is 0 Å². The third-order valence-electron chi connectivity index (χ3n) is 2.04. The van der Waals surface area contributed by atoms with Gasteiger partial charge in [0.15, 0.2) is 0 Å². The van der Waals surface area contributed by atoms with Crippen LogP contribution in [-0.4, -0.2) is 12.3 Å². The van der Waals surface area contributed by atoms with E-state index >= 15 is 0 Å². The van der Waals surface area contributed by atoms with Crippen LogP contribution >= 0.6 is 15.9 Å². The topological polar surface area (TPSA) is 43.1 Å². The normalized spacial score (nSPS) is 10.1. The van der Waals surface area contributed by atoms with Crippen LogP contribution in [0.25, 0.3) is 0 Å². The van der Waals surface area contributed by atoms with E-state index in [1.807, 2.05) is 12.1 Å². The van der Waals surface area contributed by atoms with Crippen molar-refractivity contribution in [2.75, 3.05) is 6.54 Å². The molecule has 0 bridgehead atoms. The second-order valence-electron chi connectivity index (χ2n) is 3.23. The van der Waals surface area contributed by atoms with Gasteiger partial charge in [0.05, 0.1) is 6.54 Å². The first-order valence-electron chi connectivity index (χ1n) is 4.68. The summed E-state index contributed by atoms with van der Waals surface area (Å²) >= 11 is 3.41. The van der Waals surface area contributed by atoms with E-state index in [1.54, 1.807) is 0 Å². The van der Waals surface area contributed by atoms with Gasteiger partial charge in [-0.2, -0.15) is 0 Å². The van der Waals surface area contributed by atoms with Gasteiger partial charge in [-0.25, -0.2) is 0 Å². The molecule has 76 valence electrons. The molecule has 0 unspecified atom stereocenters. The number of ketones is 1. The minimum absolute atomic E-state index is 0.139. The number of nitrogens with two attached hydrogens (primary N) is 1. The molecule has 1 rings (SSSR count). The molecule has 14 heavy (non-hydrogen) atoms. The van der Waals surface area contributed by atoms with E-state index in [-0.39, 0.29) is 12.3 Å². The Morgan fingerprint density at radius 3 is 2.86 bits per heavy atom. The highest BCUT2D eigenvalue weighted by atomic mass is 79.9. The average Bonchev–Trinajstić information content (AvgIpc) is 2.17. The summed E-state index contributed by atoms with van der Waals surface area (Å²) < 4.78 is 1.08. The predicted molar refractivity (Wildman–Crippen MR) is 61.1 cm³/mol. The van der Waals surface area contributed by atoms with Crippen molar-refractivity contribution in [3.63, 3.8) is 0 Å². The van der Waals surface area contributed by atoms with Crippen LogP contribution in [-0.2, 0) is 11.2 Å². The monoisotopic (exact) mass is 255 g/mol. The summed E-state index contributed by atoms with van der Waals surface area (Å²) in [6, 6.07) is 8.14. The highest BCUT2D eigenvalue weighted by Gasteiger charge is 1.99. The predicted octanol–water partition coefficient (Wildman–Crippen LogP) is 2.30. The van der Waals surface area contributed by atoms with Crippen LogP contribution in [0.3, 0.4) is 0 Å². The van der Waals surface area contributed by atoms with Crippen LogP contribution in [0.5, 0.6) is 0 Å². The molecule has 0 amide bonds. The smallest absolute Gasteiger partial charge is 0.146 e. The lowest BCUT2D eigenvalue weighted by Gasteiger charge is -2.00. The Morgan fingerprint density at radius 2 is 2.21 bits per heavy atom. The number of Topliss-reactive ketones (excluding diaryl/α,β-unsaturated/α-hetero) is 1. The van der Waals surface area contributed by atoms with Gasteiger partial charge in [0.1, 0.15) is 5.78 Å². The summed E-state index contributed by atoms with van der Waals surface area (Å²) in [6.07, 6.45) is 2.40. The highest BCUT2D eigenvalue weighted by Crippen LogP contribution is 2.13. The molecular weight excluding hydrogens is 242 g/mol. The van der Waals surface area contributed by atoms with Crippen molar-refractivity contribution in [3.05, 3.63) is 34.3 Å². The molecule has 0 aliphatic carbocycles. The lowest BCUT2D eigenvalue weighted by atomic mass is 10.1. The Labute approximate surface area is 92.6 Å². The molecule has 0 atom stereocenters. The van der Waals surface area contributed by atoms with Gasteiger partial charge in [0.2, 0.25) is 0 Å². The molecule has 1 aromatic carbocycles. The van der Waals surface area contributed by atoms with Crippen molar-refractivity contribution >= 4 is 21.7 Å². The van der Waals surface area contributed by atoms with E-state index in [1.165, 1.54) is 5.56 Å². The maximum atomic E-state index is 10.9. The van der Waals surface area contributed by atoms with Gasteiger partial charge < -0.3 is 5.73 Å². The van der Waals surface area contributed by atoms with Crippen LogP contribution < -0.4 is 5.73 Å². The first kappa shape index (κ1) is 11.4. The SMILES string of the molecule is NCC(=O)CCCc1cccc(Br)c1. The van der Waals surface area contributed by atoms with Crippen LogP contribution in [0.4, 0.5) is 0 Å². The van der Waals surface area contributed by atoms with Gasteiger partial charge in [-0.1, -0.05) is 28.1 Å².